The summed E-state index contributed by atoms with van der Waals surface area (Å²) < 4.78 is 13.2. The number of rotatable bonds is 1. The summed E-state index contributed by atoms with van der Waals surface area (Å²) >= 11 is 0. The van der Waals surface area contributed by atoms with E-state index in [-0.39, 0.29) is 17.3 Å². The second-order valence-corrected chi connectivity index (χ2v) is 9.37. The molecular weight excluding hydrogens is 353 g/mol. The van der Waals surface area contributed by atoms with Crippen molar-refractivity contribution in [3.8, 4) is 0 Å². The maximum Gasteiger partial charge on any atom is 0.212 e. The lowest BCUT2D eigenvalue weighted by molar-refractivity contribution is -0.120. The Kier molecular flexibility index (Phi) is 3.83. The van der Waals surface area contributed by atoms with Gasteiger partial charge in [-0.1, -0.05) is 24.1 Å². The molecule has 0 bridgehead atoms. The number of nitrogens with zero attached hydrogens (tertiary/aromatic N) is 1. The number of carbonyl (C=O) groups is 1. The standard InChI is InChI=1S/C24H26FNO2/c1-23-9-7-16(27)11-15(23)4-5-17-19(23)8-10-24(2)20(17)12-18(22(24)28)14-3-6-21(25)26-13-14/h3-4,6,12-13,16,19,27H,5,7-11H2,1-2H3/t16-,19-,23-,24-/m0/s1. The summed E-state index contributed by atoms with van der Waals surface area (Å²) in [5.41, 5.74) is 4.96. The maximum atomic E-state index is 13.4. The number of hydrogen-bond donors (Lipinski definition) is 1. The Hall–Kier alpha value is -2.07. The van der Waals surface area contributed by atoms with Gasteiger partial charge in [0.05, 0.1) is 11.5 Å². The van der Waals surface area contributed by atoms with E-state index in [0.717, 1.165) is 38.5 Å². The highest BCUT2D eigenvalue weighted by Crippen LogP contribution is 2.61. The molecule has 4 aliphatic rings. The number of pyridine rings is 1. The van der Waals surface area contributed by atoms with Gasteiger partial charge >= 0.3 is 0 Å². The lowest BCUT2D eigenvalue weighted by atomic mass is 9.53. The van der Waals surface area contributed by atoms with E-state index in [2.05, 4.69) is 31.0 Å². The SMILES string of the molecule is C[C@]12CC[C@H]3C(=C1C=C(c1ccc(F)nc1)C2=O)CC=C1C[C@@H](O)CC[C@@]13C. The first-order valence-corrected chi connectivity index (χ1v) is 10.3. The zero-order valence-electron chi connectivity index (χ0n) is 16.5. The van der Waals surface area contributed by atoms with Crippen molar-refractivity contribution in [2.45, 2.75) is 58.5 Å². The van der Waals surface area contributed by atoms with Gasteiger partial charge < -0.3 is 5.11 Å². The number of aromatic nitrogens is 1. The van der Waals surface area contributed by atoms with Gasteiger partial charge in [-0.25, -0.2) is 4.98 Å². The van der Waals surface area contributed by atoms with Crippen molar-refractivity contribution in [1.29, 1.82) is 0 Å². The fraction of sp³-hybridized carbons (Fsp3) is 0.500. The Bertz CT molecular complexity index is 957. The molecule has 1 aromatic rings. The zero-order chi connectivity index (χ0) is 19.7. The quantitative estimate of drug-likeness (QED) is 0.564. The van der Waals surface area contributed by atoms with E-state index in [0.29, 0.717) is 17.1 Å². The predicted octanol–water partition coefficient (Wildman–Crippen LogP) is 4.78. The van der Waals surface area contributed by atoms with Crippen LogP contribution in [0.15, 0.2) is 47.2 Å². The van der Waals surface area contributed by atoms with Gasteiger partial charge in [0.15, 0.2) is 5.78 Å². The summed E-state index contributed by atoms with van der Waals surface area (Å²) in [6, 6.07) is 2.97. The Labute approximate surface area is 165 Å². The van der Waals surface area contributed by atoms with E-state index in [1.54, 1.807) is 6.07 Å². The molecule has 4 aliphatic carbocycles. The maximum absolute atomic E-state index is 13.4. The lowest BCUT2D eigenvalue weighted by Crippen LogP contribution is -2.43. The van der Waals surface area contributed by atoms with E-state index < -0.39 is 11.4 Å². The minimum atomic E-state index is -0.530. The van der Waals surface area contributed by atoms with Crippen LogP contribution in [0, 0.1) is 22.7 Å². The van der Waals surface area contributed by atoms with E-state index in [1.165, 1.54) is 29.0 Å². The number of fused-ring (bicyclic) bond motifs is 4. The number of Topliss-reactive ketones (excluding diaryl/α,β-unsaturated/α-hetero) is 1. The molecule has 5 rings (SSSR count). The lowest BCUT2D eigenvalue weighted by Gasteiger charge is -2.51. The van der Waals surface area contributed by atoms with Gasteiger partial charge in [-0.15, -0.1) is 0 Å². The van der Waals surface area contributed by atoms with Gasteiger partial charge in [0.25, 0.3) is 0 Å². The summed E-state index contributed by atoms with van der Waals surface area (Å²) in [5.74, 6) is 0.0524. The molecule has 0 radical (unpaired) electrons. The number of aliphatic hydroxyl groups is 1. The van der Waals surface area contributed by atoms with Gasteiger partial charge in [0.2, 0.25) is 5.95 Å². The van der Waals surface area contributed by atoms with Crippen LogP contribution < -0.4 is 0 Å². The minimum Gasteiger partial charge on any atom is -0.393 e. The summed E-state index contributed by atoms with van der Waals surface area (Å²) in [5, 5.41) is 10.1. The summed E-state index contributed by atoms with van der Waals surface area (Å²) in [7, 11) is 0. The van der Waals surface area contributed by atoms with Crippen molar-refractivity contribution < 1.29 is 14.3 Å². The van der Waals surface area contributed by atoms with E-state index in [4.69, 9.17) is 0 Å². The van der Waals surface area contributed by atoms with Crippen LogP contribution in [0.5, 0.6) is 0 Å². The summed E-state index contributed by atoms with van der Waals surface area (Å²) in [6.45, 7) is 4.42. The first kappa shape index (κ1) is 18.0. The number of carbonyl (C=O) groups excluding carboxylic acids is 1. The number of aliphatic hydroxyl groups excluding tert-OH is 1. The molecule has 1 heterocycles. The van der Waals surface area contributed by atoms with Crippen molar-refractivity contribution in [2.24, 2.45) is 16.7 Å². The Morgan fingerprint density at radius 1 is 1.21 bits per heavy atom. The van der Waals surface area contributed by atoms with Gasteiger partial charge in [0.1, 0.15) is 0 Å². The smallest absolute Gasteiger partial charge is 0.212 e. The van der Waals surface area contributed by atoms with Crippen LogP contribution in [0.2, 0.25) is 0 Å². The molecule has 146 valence electrons. The average molecular weight is 379 g/mol. The molecule has 4 atom stereocenters. The second-order valence-electron chi connectivity index (χ2n) is 9.37. The van der Waals surface area contributed by atoms with Crippen molar-refractivity contribution in [3.05, 3.63) is 58.7 Å². The first-order valence-electron chi connectivity index (χ1n) is 10.3. The Morgan fingerprint density at radius 3 is 2.79 bits per heavy atom. The molecular formula is C24H26FNO2. The van der Waals surface area contributed by atoms with Crippen LogP contribution >= 0.6 is 0 Å². The van der Waals surface area contributed by atoms with E-state index >= 15 is 0 Å². The summed E-state index contributed by atoms with van der Waals surface area (Å²) in [6.07, 6.45) is 11.0. The normalized spacial score (nSPS) is 37.1. The third-order valence-corrected chi connectivity index (χ3v) is 7.89. The fourth-order valence-corrected chi connectivity index (χ4v) is 6.15. The predicted molar refractivity (Wildman–Crippen MR) is 106 cm³/mol. The highest BCUT2D eigenvalue weighted by Gasteiger charge is 2.53. The van der Waals surface area contributed by atoms with Gasteiger partial charge in [-0.05, 0) is 80.6 Å². The largest absolute Gasteiger partial charge is 0.393 e. The monoisotopic (exact) mass is 379 g/mol. The molecule has 1 saturated carbocycles. The highest BCUT2D eigenvalue weighted by atomic mass is 19.1. The van der Waals surface area contributed by atoms with Crippen molar-refractivity contribution in [3.63, 3.8) is 0 Å². The number of allylic oxidation sites excluding steroid dienone is 5. The van der Waals surface area contributed by atoms with Crippen LogP contribution in [-0.4, -0.2) is 22.0 Å². The zero-order valence-corrected chi connectivity index (χ0v) is 16.5. The van der Waals surface area contributed by atoms with Gasteiger partial charge in [0, 0.05) is 17.3 Å². The summed E-state index contributed by atoms with van der Waals surface area (Å²) in [4.78, 5) is 17.1. The van der Waals surface area contributed by atoms with Crippen LogP contribution in [0.25, 0.3) is 5.57 Å². The molecule has 4 heteroatoms. The highest BCUT2D eigenvalue weighted by molar-refractivity contribution is 6.28. The van der Waals surface area contributed by atoms with Crippen molar-refractivity contribution in [1.82, 2.24) is 4.98 Å². The third kappa shape index (κ3) is 2.37. The molecule has 3 nitrogen and oxygen atoms in total. The number of ketones is 1. The van der Waals surface area contributed by atoms with Crippen LogP contribution in [0.3, 0.4) is 0 Å². The molecule has 0 amide bonds. The molecule has 0 aromatic carbocycles. The van der Waals surface area contributed by atoms with Crippen LogP contribution in [-0.2, 0) is 4.79 Å². The number of halogens is 1. The minimum absolute atomic E-state index is 0.0955. The number of hydrogen-bond acceptors (Lipinski definition) is 3. The average Bonchev–Trinajstić information content (AvgIpc) is 2.94. The molecule has 0 unspecified atom stereocenters. The molecule has 1 N–H and O–H groups in total. The van der Waals surface area contributed by atoms with Crippen LogP contribution in [0.4, 0.5) is 4.39 Å². The molecule has 0 aliphatic heterocycles. The van der Waals surface area contributed by atoms with Gasteiger partial charge in [-0.2, -0.15) is 4.39 Å². The van der Waals surface area contributed by atoms with E-state index in [1.807, 2.05) is 0 Å². The molecule has 0 spiro atoms. The molecule has 0 saturated heterocycles. The topological polar surface area (TPSA) is 50.2 Å². The van der Waals surface area contributed by atoms with Gasteiger partial charge in [-0.3, -0.25) is 4.79 Å². The second kappa shape index (κ2) is 5.96. The first-order chi connectivity index (χ1) is 13.3. The van der Waals surface area contributed by atoms with Crippen molar-refractivity contribution in [2.75, 3.05) is 0 Å². The Balaban J connectivity index is 1.62. The van der Waals surface area contributed by atoms with Crippen LogP contribution in [0.1, 0.15) is 57.9 Å². The molecule has 28 heavy (non-hydrogen) atoms. The van der Waals surface area contributed by atoms with E-state index in [9.17, 15) is 14.3 Å². The fourth-order valence-electron chi connectivity index (χ4n) is 6.15. The Morgan fingerprint density at radius 2 is 2.04 bits per heavy atom. The third-order valence-electron chi connectivity index (χ3n) is 7.89. The molecule has 1 aromatic heterocycles. The molecule has 1 fully saturated rings. The van der Waals surface area contributed by atoms with Crippen molar-refractivity contribution >= 4 is 11.4 Å².